The van der Waals surface area contributed by atoms with E-state index in [2.05, 4.69) is 0 Å². The minimum Gasteiger partial charge on any atom is -0.493 e. The van der Waals surface area contributed by atoms with Crippen molar-refractivity contribution in [1.29, 1.82) is 0 Å². The topological polar surface area (TPSA) is 62.9 Å². The minimum atomic E-state index is 0.606. The van der Waals surface area contributed by atoms with E-state index in [1.165, 1.54) is 0 Å². The number of hydrogen-bond acceptors (Lipinski definition) is 5. The zero-order valence-corrected chi connectivity index (χ0v) is 14.7. The first-order valence-corrected chi connectivity index (χ1v) is 7.93. The summed E-state index contributed by atoms with van der Waals surface area (Å²) in [5.74, 6) is 2.67. The highest BCUT2D eigenvalue weighted by Crippen LogP contribution is 2.38. The molecule has 0 unspecified atom stereocenters. The lowest BCUT2D eigenvalue weighted by Crippen LogP contribution is -2.00. The number of nitrogen functional groups attached to an aromatic ring is 1. The lowest BCUT2D eigenvalue weighted by molar-refractivity contribution is 0.324. The van der Waals surface area contributed by atoms with Crippen LogP contribution in [0.4, 0.5) is 5.69 Å². The predicted molar refractivity (Wildman–Crippen MR) is 95.5 cm³/mol. The van der Waals surface area contributed by atoms with Gasteiger partial charge in [0.25, 0.3) is 0 Å². The first-order valence-electron chi connectivity index (χ1n) is 7.93. The molecular formula is C19H25NO4. The summed E-state index contributed by atoms with van der Waals surface area (Å²) in [5, 5.41) is 0. The molecular weight excluding hydrogens is 306 g/mol. The maximum Gasteiger partial charge on any atom is 0.203 e. The van der Waals surface area contributed by atoms with Gasteiger partial charge >= 0.3 is 0 Å². The van der Waals surface area contributed by atoms with Crippen LogP contribution in [0.15, 0.2) is 30.3 Å². The Morgan fingerprint density at radius 3 is 1.92 bits per heavy atom. The number of aryl methyl sites for hydroxylation is 2. The van der Waals surface area contributed by atoms with Crippen molar-refractivity contribution in [1.82, 2.24) is 0 Å². The Kier molecular flexibility index (Phi) is 6.18. The highest BCUT2D eigenvalue weighted by atomic mass is 16.5. The molecule has 0 fully saturated rings. The van der Waals surface area contributed by atoms with Crippen LogP contribution >= 0.6 is 0 Å². The van der Waals surface area contributed by atoms with Gasteiger partial charge in [-0.3, -0.25) is 0 Å². The van der Waals surface area contributed by atoms with Crippen LogP contribution in [0.25, 0.3) is 0 Å². The lowest BCUT2D eigenvalue weighted by atomic mass is 10.0. The van der Waals surface area contributed by atoms with Crippen molar-refractivity contribution < 1.29 is 18.9 Å². The molecule has 5 heteroatoms. The van der Waals surface area contributed by atoms with Crippen molar-refractivity contribution >= 4 is 5.69 Å². The molecule has 0 spiro atoms. The van der Waals surface area contributed by atoms with E-state index in [-0.39, 0.29) is 0 Å². The molecule has 5 nitrogen and oxygen atoms in total. The van der Waals surface area contributed by atoms with Crippen molar-refractivity contribution in [2.45, 2.75) is 19.8 Å². The average Bonchev–Trinajstić information content (AvgIpc) is 2.61. The third kappa shape index (κ3) is 4.04. The molecule has 0 aromatic heterocycles. The molecule has 0 aliphatic heterocycles. The number of anilines is 1. The molecule has 2 aromatic carbocycles. The molecule has 0 saturated carbocycles. The predicted octanol–water partition coefficient (Wildman–Crippen LogP) is 3.48. The maximum atomic E-state index is 6.02. The fourth-order valence-electron chi connectivity index (χ4n) is 2.61. The molecule has 0 bridgehead atoms. The van der Waals surface area contributed by atoms with Crippen LogP contribution in [0.2, 0.25) is 0 Å². The van der Waals surface area contributed by atoms with Gasteiger partial charge in [0.2, 0.25) is 5.75 Å². The van der Waals surface area contributed by atoms with E-state index in [4.69, 9.17) is 24.7 Å². The molecule has 0 aliphatic carbocycles. The second kappa shape index (κ2) is 8.34. The smallest absolute Gasteiger partial charge is 0.203 e. The van der Waals surface area contributed by atoms with E-state index in [1.54, 1.807) is 21.3 Å². The van der Waals surface area contributed by atoms with E-state index < -0.39 is 0 Å². The maximum absolute atomic E-state index is 6.02. The van der Waals surface area contributed by atoms with Crippen molar-refractivity contribution in [3.05, 3.63) is 41.5 Å². The Balaban J connectivity index is 2.15. The summed E-state index contributed by atoms with van der Waals surface area (Å²) >= 11 is 0. The Bertz CT molecular complexity index is 660. The largest absolute Gasteiger partial charge is 0.493 e. The quantitative estimate of drug-likeness (QED) is 0.750. The van der Waals surface area contributed by atoms with E-state index in [0.29, 0.717) is 29.5 Å². The second-order valence-corrected chi connectivity index (χ2v) is 5.34. The normalized spacial score (nSPS) is 10.3. The third-order valence-corrected chi connectivity index (χ3v) is 3.80. The molecule has 0 saturated heterocycles. The zero-order chi connectivity index (χ0) is 17.5. The zero-order valence-electron chi connectivity index (χ0n) is 14.7. The Hall–Kier alpha value is -2.56. The summed E-state index contributed by atoms with van der Waals surface area (Å²) in [7, 11) is 4.84. The van der Waals surface area contributed by atoms with Crippen LogP contribution in [0.3, 0.4) is 0 Å². The fourth-order valence-corrected chi connectivity index (χ4v) is 2.61. The number of benzene rings is 2. The van der Waals surface area contributed by atoms with E-state index in [0.717, 1.165) is 29.7 Å². The van der Waals surface area contributed by atoms with Crippen molar-refractivity contribution in [3.63, 3.8) is 0 Å². The van der Waals surface area contributed by atoms with Gasteiger partial charge in [-0.25, -0.2) is 0 Å². The Morgan fingerprint density at radius 1 is 0.792 bits per heavy atom. The monoisotopic (exact) mass is 331 g/mol. The number of hydrogen-bond donors (Lipinski definition) is 1. The van der Waals surface area contributed by atoms with Crippen LogP contribution in [0.5, 0.6) is 23.0 Å². The van der Waals surface area contributed by atoms with Crippen LogP contribution in [-0.2, 0) is 12.8 Å². The highest BCUT2D eigenvalue weighted by Gasteiger charge is 2.13. The van der Waals surface area contributed by atoms with Gasteiger partial charge in [0.15, 0.2) is 11.5 Å². The van der Waals surface area contributed by atoms with Crippen LogP contribution < -0.4 is 24.7 Å². The van der Waals surface area contributed by atoms with Crippen LogP contribution in [0, 0.1) is 0 Å². The van der Waals surface area contributed by atoms with Gasteiger partial charge in [-0.2, -0.15) is 0 Å². The second-order valence-electron chi connectivity index (χ2n) is 5.34. The van der Waals surface area contributed by atoms with Gasteiger partial charge < -0.3 is 24.7 Å². The van der Waals surface area contributed by atoms with Crippen LogP contribution in [-0.4, -0.2) is 27.9 Å². The number of ether oxygens (including phenoxy) is 4. The van der Waals surface area contributed by atoms with Crippen molar-refractivity contribution in [2.75, 3.05) is 33.7 Å². The van der Waals surface area contributed by atoms with Gasteiger partial charge in [-0.15, -0.1) is 0 Å². The molecule has 0 atom stereocenters. The summed E-state index contributed by atoms with van der Waals surface area (Å²) in [6.07, 6.45) is 1.69. The molecule has 24 heavy (non-hydrogen) atoms. The summed E-state index contributed by atoms with van der Waals surface area (Å²) in [6, 6.07) is 9.87. The van der Waals surface area contributed by atoms with Gasteiger partial charge in [0.05, 0.1) is 33.6 Å². The number of rotatable bonds is 8. The van der Waals surface area contributed by atoms with Crippen LogP contribution in [0.1, 0.15) is 18.1 Å². The lowest BCUT2D eigenvalue weighted by Gasteiger charge is -2.14. The van der Waals surface area contributed by atoms with E-state index in [9.17, 15) is 0 Å². The van der Waals surface area contributed by atoms with E-state index >= 15 is 0 Å². The summed E-state index contributed by atoms with van der Waals surface area (Å²) in [6.45, 7) is 2.55. The molecule has 0 aliphatic rings. The third-order valence-electron chi connectivity index (χ3n) is 3.80. The first-order chi connectivity index (χ1) is 11.6. The van der Waals surface area contributed by atoms with E-state index in [1.807, 2.05) is 37.3 Å². The van der Waals surface area contributed by atoms with Gasteiger partial charge in [-0.05, 0) is 55.2 Å². The summed E-state index contributed by atoms with van der Waals surface area (Å²) < 4.78 is 21.6. The standard InChI is InChI=1S/C19H25NO4/c1-5-24-16-9-8-13(10-15(16)20)6-7-14-11-17(21-2)19(23-4)18(12-14)22-3/h8-12H,5-7,20H2,1-4H3. The molecule has 2 N–H and O–H groups in total. The Labute approximate surface area is 143 Å². The molecule has 2 rings (SSSR count). The Morgan fingerprint density at radius 2 is 1.42 bits per heavy atom. The molecule has 130 valence electrons. The van der Waals surface area contributed by atoms with Gasteiger partial charge in [0, 0.05) is 0 Å². The molecule has 0 heterocycles. The van der Waals surface area contributed by atoms with Gasteiger partial charge in [-0.1, -0.05) is 6.07 Å². The van der Waals surface area contributed by atoms with Crippen molar-refractivity contribution in [2.24, 2.45) is 0 Å². The first kappa shape index (κ1) is 17.8. The fraction of sp³-hybridized carbons (Fsp3) is 0.368. The molecule has 0 radical (unpaired) electrons. The average molecular weight is 331 g/mol. The summed E-state index contributed by atoms with van der Waals surface area (Å²) in [5.41, 5.74) is 8.96. The van der Waals surface area contributed by atoms with Gasteiger partial charge in [0.1, 0.15) is 5.75 Å². The molecule has 2 aromatic rings. The summed E-state index contributed by atoms with van der Waals surface area (Å²) in [4.78, 5) is 0. The number of nitrogens with two attached hydrogens (primary N) is 1. The molecule has 0 amide bonds. The SMILES string of the molecule is CCOc1ccc(CCc2cc(OC)c(OC)c(OC)c2)cc1N. The highest BCUT2D eigenvalue weighted by molar-refractivity contribution is 5.55. The van der Waals surface area contributed by atoms with Crippen molar-refractivity contribution in [3.8, 4) is 23.0 Å². The minimum absolute atomic E-state index is 0.606. The number of methoxy groups -OCH3 is 3.